The van der Waals surface area contributed by atoms with E-state index in [1.165, 1.54) is 218 Å². The third-order valence-corrected chi connectivity index (χ3v) is 19.9. The Hall–Kier alpha value is -1.94. The van der Waals surface area contributed by atoms with Gasteiger partial charge in [0.1, 0.15) is 19.3 Å². The molecule has 570 valence electrons. The minimum Gasteiger partial charge on any atom is -0.462 e. The van der Waals surface area contributed by atoms with Crippen molar-refractivity contribution in [1.29, 1.82) is 0 Å². The van der Waals surface area contributed by atoms with Gasteiger partial charge in [-0.1, -0.05) is 356 Å². The van der Waals surface area contributed by atoms with E-state index in [0.717, 1.165) is 109 Å². The number of hydrogen-bond donors (Lipinski definition) is 3. The van der Waals surface area contributed by atoms with Crippen molar-refractivity contribution < 1.29 is 80.2 Å². The quantitative estimate of drug-likeness (QED) is 0.0222. The molecule has 0 spiro atoms. The van der Waals surface area contributed by atoms with Crippen molar-refractivity contribution in [1.82, 2.24) is 0 Å². The highest BCUT2D eigenvalue weighted by atomic mass is 31.2. The van der Waals surface area contributed by atoms with E-state index in [1.54, 1.807) is 0 Å². The van der Waals surface area contributed by atoms with Gasteiger partial charge in [-0.05, 0) is 31.6 Å². The molecule has 5 atom stereocenters. The van der Waals surface area contributed by atoms with Crippen molar-refractivity contribution >= 4 is 39.5 Å². The first kappa shape index (κ1) is 94.1. The van der Waals surface area contributed by atoms with Crippen LogP contribution in [0.15, 0.2) is 0 Å². The highest BCUT2D eigenvalue weighted by Crippen LogP contribution is 2.45. The summed E-state index contributed by atoms with van der Waals surface area (Å²) in [5, 5.41) is 10.6. The maximum Gasteiger partial charge on any atom is 0.472 e. The van der Waals surface area contributed by atoms with Gasteiger partial charge in [-0.25, -0.2) is 9.13 Å². The van der Waals surface area contributed by atoms with Crippen molar-refractivity contribution in [2.24, 2.45) is 5.92 Å². The van der Waals surface area contributed by atoms with Crippen LogP contribution in [-0.2, 0) is 65.4 Å². The summed E-state index contributed by atoms with van der Waals surface area (Å²) >= 11 is 0. The molecule has 3 N–H and O–H groups in total. The number of rotatable bonds is 77. The summed E-state index contributed by atoms with van der Waals surface area (Å²) < 4.78 is 68.4. The molecule has 0 aromatic heterocycles. The molecular formula is C77H150O17P2. The second kappa shape index (κ2) is 70.1. The van der Waals surface area contributed by atoms with Crippen molar-refractivity contribution in [3.8, 4) is 0 Å². The zero-order valence-corrected chi connectivity index (χ0v) is 64.3. The SMILES string of the molecule is CCCCCCCCCCCCCCCCCCCCCCCCC(=O)O[C@H](COC(=O)CCCCCCCCCCCCCCC(C)C)COP(=O)(O)OC[C@@H](O)COP(=O)(O)OC[C@@H](COC(=O)CCCCCCCCC)OC(=O)CCCCCCCCCCCCCC. The highest BCUT2D eigenvalue weighted by Gasteiger charge is 2.30. The maximum absolute atomic E-state index is 13.1. The second-order valence-electron chi connectivity index (χ2n) is 28.2. The predicted octanol–water partition coefficient (Wildman–Crippen LogP) is 22.9. The van der Waals surface area contributed by atoms with Crippen LogP contribution in [-0.4, -0.2) is 96.7 Å². The van der Waals surface area contributed by atoms with Gasteiger partial charge >= 0.3 is 39.5 Å². The lowest BCUT2D eigenvalue weighted by atomic mass is 10.0. The number of esters is 4. The zero-order valence-electron chi connectivity index (χ0n) is 62.5. The van der Waals surface area contributed by atoms with Gasteiger partial charge < -0.3 is 33.8 Å². The van der Waals surface area contributed by atoms with Gasteiger partial charge in [0.2, 0.25) is 0 Å². The van der Waals surface area contributed by atoms with E-state index in [-0.39, 0.29) is 25.7 Å². The average Bonchev–Trinajstić information content (AvgIpc) is 1.93. The van der Waals surface area contributed by atoms with E-state index in [4.69, 9.17) is 37.0 Å². The lowest BCUT2D eigenvalue weighted by Gasteiger charge is -2.21. The highest BCUT2D eigenvalue weighted by molar-refractivity contribution is 7.47. The maximum atomic E-state index is 13.1. The van der Waals surface area contributed by atoms with E-state index < -0.39 is 97.5 Å². The Morgan fingerprint density at radius 3 is 0.708 bits per heavy atom. The third kappa shape index (κ3) is 70.5. The number of aliphatic hydroxyl groups is 1. The van der Waals surface area contributed by atoms with Crippen LogP contribution in [0.1, 0.15) is 407 Å². The second-order valence-corrected chi connectivity index (χ2v) is 31.1. The van der Waals surface area contributed by atoms with Crippen molar-refractivity contribution in [3.05, 3.63) is 0 Å². The molecule has 2 unspecified atom stereocenters. The number of hydrogen-bond acceptors (Lipinski definition) is 15. The number of carbonyl (C=O) groups excluding carboxylic acids is 4. The van der Waals surface area contributed by atoms with E-state index in [0.29, 0.717) is 25.7 Å². The zero-order chi connectivity index (χ0) is 70.5. The molecule has 0 rings (SSSR count). The summed E-state index contributed by atoms with van der Waals surface area (Å²) in [7, 11) is -9.90. The van der Waals surface area contributed by atoms with Crippen LogP contribution in [0.2, 0.25) is 0 Å². The lowest BCUT2D eigenvalue weighted by Crippen LogP contribution is -2.30. The molecule has 0 saturated heterocycles. The number of ether oxygens (including phenoxy) is 4. The molecule has 0 aromatic carbocycles. The summed E-state index contributed by atoms with van der Waals surface area (Å²) in [5.41, 5.74) is 0. The Labute approximate surface area is 588 Å². The van der Waals surface area contributed by atoms with E-state index >= 15 is 0 Å². The molecule has 0 fully saturated rings. The molecule has 0 aliphatic heterocycles. The Morgan fingerprint density at radius 1 is 0.281 bits per heavy atom. The van der Waals surface area contributed by atoms with Crippen LogP contribution in [0.4, 0.5) is 0 Å². The van der Waals surface area contributed by atoms with Crippen molar-refractivity contribution in [2.75, 3.05) is 39.6 Å². The van der Waals surface area contributed by atoms with Crippen LogP contribution in [0.3, 0.4) is 0 Å². The predicted molar refractivity (Wildman–Crippen MR) is 391 cm³/mol. The first-order valence-electron chi connectivity index (χ1n) is 40.1. The summed E-state index contributed by atoms with van der Waals surface area (Å²) in [6, 6.07) is 0. The molecule has 0 bridgehead atoms. The van der Waals surface area contributed by atoms with E-state index in [2.05, 4.69) is 34.6 Å². The molecule has 17 nitrogen and oxygen atoms in total. The number of aliphatic hydroxyl groups excluding tert-OH is 1. The standard InChI is InChI=1S/C77H150O17P2/c1-6-9-12-15-18-20-22-24-25-26-27-28-29-30-31-32-33-39-43-48-53-58-63-77(82)94-73(67-88-75(80)61-56-51-46-41-38-35-34-36-40-45-49-54-59-70(4)5)69-92-96(85,86)90-65-71(78)64-89-95(83,84)91-68-72(66-87-74(79)60-55-50-44-17-14-11-8-3)93-76(81)62-57-52-47-42-37-23-21-19-16-13-10-7-2/h70-73,78H,6-69H2,1-5H3,(H,83,84)(H,85,86)/t71-,72+,73+/m0/s1. The largest absolute Gasteiger partial charge is 0.472 e. The summed E-state index contributed by atoms with van der Waals surface area (Å²) in [6.07, 6.45) is 59.9. The van der Waals surface area contributed by atoms with Crippen molar-refractivity contribution in [2.45, 2.75) is 425 Å². The van der Waals surface area contributed by atoms with Gasteiger partial charge in [0.05, 0.1) is 26.4 Å². The number of unbranched alkanes of at least 4 members (excludes halogenated alkanes) is 49. The lowest BCUT2D eigenvalue weighted by molar-refractivity contribution is -0.161. The fourth-order valence-corrected chi connectivity index (χ4v) is 13.5. The van der Waals surface area contributed by atoms with Crippen LogP contribution >= 0.6 is 15.6 Å². The van der Waals surface area contributed by atoms with Gasteiger partial charge in [-0.15, -0.1) is 0 Å². The fourth-order valence-electron chi connectivity index (χ4n) is 11.9. The minimum absolute atomic E-state index is 0.107. The topological polar surface area (TPSA) is 237 Å². The summed E-state index contributed by atoms with van der Waals surface area (Å²) in [4.78, 5) is 72.7. The van der Waals surface area contributed by atoms with Crippen LogP contribution in [0.25, 0.3) is 0 Å². The fraction of sp³-hybridized carbons (Fsp3) is 0.948. The first-order valence-corrected chi connectivity index (χ1v) is 43.1. The monoisotopic (exact) mass is 1410 g/mol. The normalized spacial score (nSPS) is 13.9. The smallest absolute Gasteiger partial charge is 0.462 e. The molecule has 0 aromatic rings. The molecule has 19 heteroatoms. The van der Waals surface area contributed by atoms with Crippen LogP contribution < -0.4 is 0 Å². The van der Waals surface area contributed by atoms with Gasteiger partial charge in [0.15, 0.2) is 12.2 Å². The van der Waals surface area contributed by atoms with Gasteiger partial charge in [-0.3, -0.25) is 37.3 Å². The van der Waals surface area contributed by atoms with Gasteiger partial charge in [-0.2, -0.15) is 0 Å². The molecule has 0 aliphatic carbocycles. The molecule has 96 heavy (non-hydrogen) atoms. The molecular weight excluding hydrogens is 1260 g/mol. The van der Waals surface area contributed by atoms with Gasteiger partial charge in [0, 0.05) is 25.7 Å². The first-order chi connectivity index (χ1) is 46.5. The molecule has 0 saturated carbocycles. The molecule has 0 aliphatic rings. The van der Waals surface area contributed by atoms with E-state index in [1.807, 2.05) is 0 Å². The summed E-state index contributed by atoms with van der Waals surface area (Å²) in [6.45, 7) is 7.26. The summed E-state index contributed by atoms with van der Waals surface area (Å²) in [5.74, 6) is -1.34. The molecule has 0 heterocycles. The Balaban J connectivity index is 5.15. The Morgan fingerprint density at radius 2 is 0.479 bits per heavy atom. The Bertz CT molecular complexity index is 1840. The Kier molecular flexibility index (Phi) is 68.7. The number of carbonyl (C=O) groups is 4. The minimum atomic E-state index is -4.96. The molecule has 0 amide bonds. The van der Waals surface area contributed by atoms with Crippen LogP contribution in [0.5, 0.6) is 0 Å². The third-order valence-electron chi connectivity index (χ3n) is 18.0. The van der Waals surface area contributed by atoms with E-state index in [9.17, 15) is 43.2 Å². The van der Waals surface area contributed by atoms with Crippen LogP contribution in [0, 0.1) is 5.92 Å². The number of phosphoric acid groups is 2. The number of phosphoric ester groups is 2. The molecule has 0 radical (unpaired) electrons. The van der Waals surface area contributed by atoms with Crippen molar-refractivity contribution in [3.63, 3.8) is 0 Å². The van der Waals surface area contributed by atoms with Gasteiger partial charge in [0.25, 0.3) is 0 Å². The average molecular weight is 1410 g/mol.